The number of hydrogen-bond acceptors (Lipinski definition) is 2. The van der Waals surface area contributed by atoms with Crippen molar-refractivity contribution in [3.8, 4) is 16.9 Å². The van der Waals surface area contributed by atoms with E-state index in [0.717, 1.165) is 16.7 Å². The number of para-hydroxylation sites is 1. The second-order valence-corrected chi connectivity index (χ2v) is 6.15. The molecule has 0 spiro atoms. The summed E-state index contributed by atoms with van der Waals surface area (Å²) in [4.78, 5) is 3.92. The molecule has 0 heterocycles. The van der Waals surface area contributed by atoms with Crippen LogP contribution in [0.5, 0.6) is 5.75 Å². The van der Waals surface area contributed by atoms with Crippen LogP contribution in [-0.4, -0.2) is 18.4 Å². The van der Waals surface area contributed by atoms with Gasteiger partial charge in [0, 0.05) is 24.4 Å². The molecule has 0 aromatic heterocycles. The first-order valence-electron chi connectivity index (χ1n) is 5.50. The van der Waals surface area contributed by atoms with Crippen molar-refractivity contribution in [2.24, 2.45) is 4.99 Å². The summed E-state index contributed by atoms with van der Waals surface area (Å²) in [6.45, 7) is 0. The average Bonchev–Trinajstić information content (AvgIpc) is 2.43. The molecular formula is C14H13Cl2NOTi. The molecule has 0 bridgehead atoms. The molecule has 98 valence electrons. The Kier molecular flexibility index (Phi) is 7.84. The van der Waals surface area contributed by atoms with Crippen LogP contribution in [0.25, 0.3) is 11.1 Å². The molecule has 0 atom stereocenters. The fourth-order valence-electron chi connectivity index (χ4n) is 1.66. The van der Waals surface area contributed by atoms with E-state index in [-0.39, 0.29) is 5.75 Å². The number of rotatable bonds is 2. The van der Waals surface area contributed by atoms with Gasteiger partial charge in [0.2, 0.25) is 0 Å². The van der Waals surface area contributed by atoms with Crippen LogP contribution in [0.1, 0.15) is 5.56 Å². The summed E-state index contributed by atoms with van der Waals surface area (Å²) in [6.07, 6.45) is 1.65. The van der Waals surface area contributed by atoms with Crippen LogP contribution in [0, 0.1) is 0 Å². The van der Waals surface area contributed by atoms with E-state index in [1.165, 1.54) is 0 Å². The Morgan fingerprint density at radius 2 is 1.68 bits per heavy atom. The van der Waals surface area contributed by atoms with E-state index in [9.17, 15) is 5.11 Å². The van der Waals surface area contributed by atoms with Crippen molar-refractivity contribution >= 4 is 24.8 Å². The Hall–Kier alpha value is -0.796. The number of halogens is 2. The monoisotopic (exact) mass is 329 g/mol. The molecule has 2 aromatic rings. The van der Waals surface area contributed by atoms with E-state index in [1.54, 1.807) is 13.3 Å². The fraction of sp³-hybridized carbons (Fsp3) is 0.0714. The molecule has 0 amide bonds. The normalized spacial score (nSPS) is 9.84. The average molecular weight is 330 g/mol. The first kappa shape index (κ1) is 16.3. The number of phenols is 1. The summed E-state index contributed by atoms with van der Waals surface area (Å²) < 4.78 is 0. The zero-order valence-corrected chi connectivity index (χ0v) is 13.4. The van der Waals surface area contributed by atoms with E-state index in [4.69, 9.17) is 18.6 Å². The Labute approximate surface area is 129 Å². The van der Waals surface area contributed by atoms with Crippen LogP contribution in [0.2, 0.25) is 0 Å². The summed E-state index contributed by atoms with van der Waals surface area (Å²) in [5, 5.41) is 10.1. The van der Waals surface area contributed by atoms with Crippen molar-refractivity contribution < 1.29 is 22.1 Å². The first-order chi connectivity index (χ1) is 9.24. The molecule has 2 rings (SSSR count). The fourth-order valence-corrected chi connectivity index (χ4v) is 1.66. The Morgan fingerprint density at radius 3 is 2.26 bits per heavy atom. The Balaban J connectivity index is 0.000000550. The Bertz CT molecular complexity index is 532. The van der Waals surface area contributed by atoms with Crippen LogP contribution in [0.4, 0.5) is 0 Å². The molecule has 0 aliphatic rings. The van der Waals surface area contributed by atoms with Gasteiger partial charge in [-0.2, -0.15) is 0 Å². The van der Waals surface area contributed by atoms with Gasteiger partial charge < -0.3 is 5.11 Å². The topological polar surface area (TPSA) is 32.6 Å². The predicted octanol–water partition coefficient (Wildman–Crippen LogP) is 4.48. The van der Waals surface area contributed by atoms with Crippen LogP contribution >= 0.6 is 18.6 Å². The zero-order chi connectivity index (χ0) is 14.1. The van der Waals surface area contributed by atoms with Crippen LogP contribution < -0.4 is 0 Å². The number of aromatic hydroxyl groups is 1. The molecule has 0 saturated heterocycles. The van der Waals surface area contributed by atoms with Crippen molar-refractivity contribution in [3.05, 3.63) is 54.1 Å². The third-order valence-electron chi connectivity index (χ3n) is 2.42. The second kappa shape index (κ2) is 9.16. The molecule has 0 fully saturated rings. The van der Waals surface area contributed by atoms with Gasteiger partial charge in [0.05, 0.1) is 0 Å². The van der Waals surface area contributed by atoms with Gasteiger partial charge in [0.25, 0.3) is 0 Å². The number of nitrogens with zero attached hydrogens (tertiary/aromatic N) is 1. The van der Waals surface area contributed by atoms with Gasteiger partial charge in [-0.15, -0.1) is 0 Å². The molecule has 1 N–H and O–H groups in total. The minimum absolute atomic E-state index is 0.277. The van der Waals surface area contributed by atoms with Gasteiger partial charge in [-0.05, 0) is 11.6 Å². The molecule has 0 aliphatic heterocycles. The van der Waals surface area contributed by atoms with Gasteiger partial charge in [-0.25, -0.2) is 0 Å². The zero-order valence-electron chi connectivity index (χ0n) is 10.3. The third kappa shape index (κ3) is 5.00. The van der Waals surface area contributed by atoms with E-state index in [1.807, 2.05) is 48.5 Å². The van der Waals surface area contributed by atoms with Crippen LogP contribution in [0.15, 0.2) is 53.5 Å². The van der Waals surface area contributed by atoms with Crippen molar-refractivity contribution in [3.63, 3.8) is 0 Å². The summed E-state index contributed by atoms with van der Waals surface area (Å²) in [5.74, 6) is 0.277. The maximum absolute atomic E-state index is 10.1. The molecule has 0 unspecified atom stereocenters. The number of benzene rings is 2. The predicted molar refractivity (Wildman–Crippen MR) is 78.8 cm³/mol. The van der Waals surface area contributed by atoms with E-state index < -0.39 is 17.0 Å². The molecule has 0 radical (unpaired) electrons. The molecule has 19 heavy (non-hydrogen) atoms. The van der Waals surface area contributed by atoms with E-state index >= 15 is 0 Å². The number of phenolic OH excluding ortho intramolecular Hbond substituents is 1. The van der Waals surface area contributed by atoms with Crippen molar-refractivity contribution in [2.45, 2.75) is 0 Å². The molecule has 0 aliphatic carbocycles. The van der Waals surface area contributed by atoms with Crippen LogP contribution in [0.3, 0.4) is 0 Å². The van der Waals surface area contributed by atoms with Gasteiger partial charge >= 0.3 is 35.6 Å². The van der Waals surface area contributed by atoms with Crippen molar-refractivity contribution in [2.75, 3.05) is 7.05 Å². The molecular weight excluding hydrogens is 317 g/mol. The number of aliphatic imine (C=N–C) groups is 1. The Morgan fingerprint density at radius 1 is 1.05 bits per heavy atom. The van der Waals surface area contributed by atoms with Gasteiger partial charge in [-0.3, -0.25) is 4.99 Å². The minimum atomic E-state index is -0.556. The molecule has 2 nitrogen and oxygen atoms in total. The standard InChI is InChI=1S/C14H13NO.2ClH.Ti/c1-15-10-12-8-5-9-13(14(12)16)11-6-3-2-4-7-11;;;/h2-10,16H,1H3;2*1H;/q;;;+2/p-2. The van der Waals surface area contributed by atoms with Gasteiger partial charge in [0.15, 0.2) is 0 Å². The van der Waals surface area contributed by atoms with Gasteiger partial charge in [0.1, 0.15) is 5.75 Å². The molecule has 5 heteroatoms. The molecule has 2 aromatic carbocycles. The van der Waals surface area contributed by atoms with E-state index in [0.29, 0.717) is 0 Å². The number of hydrogen-bond donors (Lipinski definition) is 1. The summed E-state index contributed by atoms with van der Waals surface area (Å²) >= 11 is -0.556. The first-order valence-corrected chi connectivity index (χ1v) is 9.80. The third-order valence-corrected chi connectivity index (χ3v) is 2.42. The van der Waals surface area contributed by atoms with Crippen molar-refractivity contribution in [1.29, 1.82) is 0 Å². The summed E-state index contributed by atoms with van der Waals surface area (Å²) in [5.41, 5.74) is 2.58. The molecule has 0 saturated carbocycles. The maximum atomic E-state index is 10.1. The van der Waals surface area contributed by atoms with E-state index in [2.05, 4.69) is 4.99 Å². The summed E-state index contributed by atoms with van der Waals surface area (Å²) in [6, 6.07) is 15.5. The van der Waals surface area contributed by atoms with Gasteiger partial charge in [-0.1, -0.05) is 42.5 Å². The second-order valence-electron chi connectivity index (χ2n) is 3.57. The quantitative estimate of drug-likeness (QED) is 0.639. The van der Waals surface area contributed by atoms with Crippen LogP contribution in [-0.2, 0) is 17.0 Å². The summed E-state index contributed by atoms with van der Waals surface area (Å²) in [7, 11) is 11.5. The van der Waals surface area contributed by atoms with Crippen molar-refractivity contribution in [1.82, 2.24) is 0 Å². The SMILES string of the molecule is CN=Cc1cccc(-c2ccccc2)c1O.[Cl][Ti][Cl].